The SMILES string of the molecule is CNC[C@@H]1O[C@H](C2CCN(CCc3ccc(OC)cc3)CC2)Cc2c1ccc(O)c2O.Cl.Cl. The Morgan fingerprint density at radius 2 is 1.76 bits per heavy atom. The van der Waals surface area contributed by atoms with Crippen LogP contribution in [0.3, 0.4) is 0 Å². The molecule has 33 heavy (non-hydrogen) atoms. The number of phenols is 2. The molecule has 3 N–H and O–H groups in total. The molecule has 8 heteroatoms. The van der Waals surface area contributed by atoms with Gasteiger partial charge in [-0.05, 0) is 74.6 Å². The van der Waals surface area contributed by atoms with Crippen LogP contribution in [-0.4, -0.2) is 61.6 Å². The number of likely N-dealkylation sites (N-methyl/N-ethyl adjacent to an activating group) is 1. The minimum absolute atomic E-state index is 0. The van der Waals surface area contributed by atoms with Crippen LogP contribution in [0.4, 0.5) is 0 Å². The maximum absolute atomic E-state index is 10.5. The number of methoxy groups -OCH3 is 1. The van der Waals surface area contributed by atoms with Crippen LogP contribution in [0, 0.1) is 5.92 Å². The summed E-state index contributed by atoms with van der Waals surface area (Å²) in [5.41, 5.74) is 3.16. The zero-order valence-corrected chi connectivity index (χ0v) is 21.0. The predicted octanol–water partition coefficient (Wildman–Crippen LogP) is 4.11. The molecule has 0 aromatic heterocycles. The zero-order chi connectivity index (χ0) is 21.8. The van der Waals surface area contributed by atoms with Gasteiger partial charge in [-0.3, -0.25) is 0 Å². The molecule has 0 unspecified atom stereocenters. The minimum atomic E-state index is -0.0987. The molecule has 2 heterocycles. The fraction of sp³-hybridized carbons (Fsp3) is 0.520. The van der Waals surface area contributed by atoms with Crippen molar-refractivity contribution >= 4 is 24.8 Å². The largest absolute Gasteiger partial charge is 0.504 e. The Morgan fingerprint density at radius 1 is 1.06 bits per heavy atom. The van der Waals surface area contributed by atoms with Crippen LogP contribution in [-0.2, 0) is 17.6 Å². The maximum Gasteiger partial charge on any atom is 0.161 e. The van der Waals surface area contributed by atoms with Gasteiger partial charge in [0.15, 0.2) is 11.5 Å². The average molecular weight is 499 g/mol. The number of halogens is 2. The van der Waals surface area contributed by atoms with Crippen molar-refractivity contribution in [1.29, 1.82) is 0 Å². The number of hydrogen-bond donors (Lipinski definition) is 3. The van der Waals surface area contributed by atoms with Gasteiger partial charge in [-0.1, -0.05) is 18.2 Å². The smallest absolute Gasteiger partial charge is 0.161 e. The predicted molar refractivity (Wildman–Crippen MR) is 135 cm³/mol. The highest BCUT2D eigenvalue weighted by Gasteiger charge is 2.35. The molecule has 2 aromatic carbocycles. The summed E-state index contributed by atoms with van der Waals surface area (Å²) in [6.07, 6.45) is 3.86. The van der Waals surface area contributed by atoms with E-state index in [1.54, 1.807) is 13.2 Å². The highest BCUT2D eigenvalue weighted by atomic mass is 35.5. The third kappa shape index (κ3) is 6.46. The molecule has 2 atom stereocenters. The van der Waals surface area contributed by atoms with E-state index in [1.807, 2.05) is 25.2 Å². The number of likely N-dealkylation sites (tertiary alicyclic amines) is 1. The molecule has 184 valence electrons. The average Bonchev–Trinajstić information content (AvgIpc) is 2.81. The Labute approximate surface area is 209 Å². The summed E-state index contributed by atoms with van der Waals surface area (Å²) in [6, 6.07) is 11.8. The summed E-state index contributed by atoms with van der Waals surface area (Å²) in [6.45, 7) is 3.88. The van der Waals surface area contributed by atoms with Crippen LogP contribution < -0.4 is 10.1 Å². The van der Waals surface area contributed by atoms with E-state index >= 15 is 0 Å². The van der Waals surface area contributed by atoms with Gasteiger partial charge in [0.2, 0.25) is 0 Å². The van der Waals surface area contributed by atoms with Crippen molar-refractivity contribution in [2.75, 3.05) is 40.3 Å². The van der Waals surface area contributed by atoms with Crippen LogP contribution in [0.25, 0.3) is 0 Å². The number of piperidine rings is 1. The van der Waals surface area contributed by atoms with Gasteiger partial charge in [0.25, 0.3) is 0 Å². The number of nitrogens with zero attached hydrogens (tertiary/aromatic N) is 1. The second kappa shape index (κ2) is 12.7. The quantitative estimate of drug-likeness (QED) is 0.498. The second-order valence-corrected chi connectivity index (χ2v) is 8.70. The van der Waals surface area contributed by atoms with E-state index in [9.17, 15) is 10.2 Å². The Hall–Kier alpha value is -1.70. The molecule has 0 aliphatic carbocycles. The van der Waals surface area contributed by atoms with E-state index in [0.717, 1.165) is 55.8 Å². The normalized spacial score (nSPS) is 20.9. The lowest BCUT2D eigenvalue weighted by molar-refractivity contribution is -0.0670. The number of benzene rings is 2. The number of phenolic OH excluding ortho intramolecular Hbond substituents is 2. The first-order chi connectivity index (χ1) is 15.1. The lowest BCUT2D eigenvalue weighted by Crippen LogP contribution is -2.42. The lowest BCUT2D eigenvalue weighted by atomic mass is 9.83. The Morgan fingerprint density at radius 3 is 2.39 bits per heavy atom. The summed E-state index contributed by atoms with van der Waals surface area (Å²) in [5, 5.41) is 23.6. The zero-order valence-electron chi connectivity index (χ0n) is 19.3. The molecule has 2 aliphatic heterocycles. The van der Waals surface area contributed by atoms with Crippen molar-refractivity contribution in [3.8, 4) is 17.2 Å². The third-order valence-electron chi connectivity index (χ3n) is 6.81. The summed E-state index contributed by atoms with van der Waals surface area (Å²) < 4.78 is 11.7. The van der Waals surface area contributed by atoms with Gasteiger partial charge < -0.3 is 29.9 Å². The summed E-state index contributed by atoms with van der Waals surface area (Å²) in [7, 11) is 3.60. The highest BCUT2D eigenvalue weighted by molar-refractivity contribution is 5.85. The molecular formula is C25H36Cl2N2O4. The Kier molecular flexibility index (Phi) is 10.6. The molecule has 0 radical (unpaired) electrons. The molecule has 6 nitrogen and oxygen atoms in total. The molecular weight excluding hydrogens is 463 g/mol. The molecule has 4 rings (SSSR count). The Balaban J connectivity index is 0.00000193. The number of fused-ring (bicyclic) bond motifs is 1. The van der Waals surface area contributed by atoms with E-state index in [4.69, 9.17) is 9.47 Å². The summed E-state index contributed by atoms with van der Waals surface area (Å²) >= 11 is 0. The fourth-order valence-corrected chi connectivity index (χ4v) is 4.94. The fourth-order valence-electron chi connectivity index (χ4n) is 4.94. The van der Waals surface area contributed by atoms with Gasteiger partial charge in [0.05, 0.1) is 19.3 Å². The molecule has 0 spiro atoms. The first-order valence-electron chi connectivity index (χ1n) is 11.3. The standard InChI is InChI=1S/C25H34N2O4.2ClH/c1-26-16-24-20-7-8-22(28)25(29)21(20)15-23(31-24)18-10-13-27(14-11-18)12-9-17-3-5-19(30-2)6-4-17;;/h3-8,18,23-24,26,28-29H,9-16H2,1-2H3;2*1H/t23-,24-;;/m0../s1. The van der Waals surface area contributed by atoms with Crippen LogP contribution >= 0.6 is 24.8 Å². The van der Waals surface area contributed by atoms with E-state index < -0.39 is 0 Å². The van der Waals surface area contributed by atoms with E-state index in [0.29, 0.717) is 18.9 Å². The number of nitrogens with one attached hydrogen (secondary N) is 1. The van der Waals surface area contributed by atoms with Crippen molar-refractivity contribution in [3.63, 3.8) is 0 Å². The monoisotopic (exact) mass is 498 g/mol. The van der Waals surface area contributed by atoms with Crippen molar-refractivity contribution in [3.05, 3.63) is 53.1 Å². The second-order valence-electron chi connectivity index (χ2n) is 8.70. The molecule has 1 saturated heterocycles. The Bertz CT molecular complexity index is 873. The van der Waals surface area contributed by atoms with Gasteiger partial charge in [-0.25, -0.2) is 0 Å². The van der Waals surface area contributed by atoms with Crippen molar-refractivity contribution in [1.82, 2.24) is 10.2 Å². The van der Waals surface area contributed by atoms with Gasteiger partial charge in [-0.15, -0.1) is 24.8 Å². The highest BCUT2D eigenvalue weighted by Crippen LogP contribution is 2.42. The molecule has 2 aliphatic rings. The minimum Gasteiger partial charge on any atom is -0.504 e. The molecule has 0 saturated carbocycles. The topological polar surface area (TPSA) is 74.2 Å². The van der Waals surface area contributed by atoms with E-state index in [-0.39, 0.29) is 48.5 Å². The van der Waals surface area contributed by atoms with Crippen LogP contribution in [0.5, 0.6) is 17.2 Å². The molecule has 0 bridgehead atoms. The third-order valence-corrected chi connectivity index (χ3v) is 6.81. The maximum atomic E-state index is 10.5. The molecule has 1 fully saturated rings. The number of aromatic hydroxyl groups is 2. The van der Waals surface area contributed by atoms with Crippen LogP contribution in [0.15, 0.2) is 36.4 Å². The first kappa shape index (κ1) is 27.5. The molecule has 2 aromatic rings. The summed E-state index contributed by atoms with van der Waals surface area (Å²) in [4.78, 5) is 2.53. The van der Waals surface area contributed by atoms with E-state index in [1.165, 1.54) is 5.56 Å². The van der Waals surface area contributed by atoms with Gasteiger partial charge in [0, 0.05) is 25.1 Å². The number of hydrogen-bond acceptors (Lipinski definition) is 6. The van der Waals surface area contributed by atoms with E-state index in [2.05, 4.69) is 22.3 Å². The summed E-state index contributed by atoms with van der Waals surface area (Å²) in [5.74, 6) is 1.33. The first-order valence-corrected chi connectivity index (χ1v) is 11.3. The van der Waals surface area contributed by atoms with Crippen molar-refractivity contribution in [2.24, 2.45) is 5.92 Å². The van der Waals surface area contributed by atoms with Gasteiger partial charge in [-0.2, -0.15) is 0 Å². The van der Waals surface area contributed by atoms with Crippen LogP contribution in [0.1, 0.15) is 35.6 Å². The van der Waals surface area contributed by atoms with Gasteiger partial charge >= 0.3 is 0 Å². The lowest BCUT2D eigenvalue weighted by Gasteiger charge is -2.40. The number of ether oxygens (including phenoxy) is 2. The van der Waals surface area contributed by atoms with Crippen molar-refractivity contribution < 1.29 is 19.7 Å². The molecule has 0 amide bonds. The van der Waals surface area contributed by atoms with Crippen molar-refractivity contribution in [2.45, 2.75) is 37.9 Å². The van der Waals surface area contributed by atoms with Crippen LogP contribution in [0.2, 0.25) is 0 Å². The number of rotatable bonds is 7. The van der Waals surface area contributed by atoms with Gasteiger partial charge in [0.1, 0.15) is 5.75 Å².